The van der Waals surface area contributed by atoms with E-state index in [0.717, 1.165) is 28.8 Å². The molecule has 136 valence electrons. The number of benzene rings is 1. The lowest BCUT2D eigenvalue weighted by molar-refractivity contribution is 0.304. The fourth-order valence-corrected chi connectivity index (χ4v) is 3.83. The quantitative estimate of drug-likeness (QED) is 0.623. The van der Waals surface area contributed by atoms with Gasteiger partial charge >= 0.3 is 0 Å². The third-order valence-electron chi connectivity index (χ3n) is 5.50. The monoisotopic (exact) mass is 347 g/mol. The molecule has 2 nitrogen and oxygen atoms in total. The first-order valence-corrected chi connectivity index (χ1v) is 9.90. The van der Waals surface area contributed by atoms with Crippen molar-refractivity contribution in [3.05, 3.63) is 59.4 Å². The molecule has 0 unspecified atom stereocenters. The summed E-state index contributed by atoms with van der Waals surface area (Å²) in [4.78, 5) is 4.29. The summed E-state index contributed by atoms with van der Waals surface area (Å²) < 4.78 is 5.12. The highest BCUT2D eigenvalue weighted by molar-refractivity contribution is 5.42. The van der Waals surface area contributed by atoms with E-state index in [0.29, 0.717) is 0 Å². The van der Waals surface area contributed by atoms with Gasteiger partial charge in [0, 0.05) is 5.56 Å². The first-order valence-electron chi connectivity index (χ1n) is 9.90. The van der Waals surface area contributed by atoms with Gasteiger partial charge in [0.25, 0.3) is 0 Å². The van der Waals surface area contributed by atoms with Gasteiger partial charge in [0.15, 0.2) is 0 Å². The van der Waals surface area contributed by atoms with Crippen molar-refractivity contribution < 1.29 is 4.74 Å². The van der Waals surface area contributed by atoms with Gasteiger partial charge in [-0.1, -0.05) is 44.2 Å². The number of hydrogen-bond donors (Lipinski definition) is 0. The van der Waals surface area contributed by atoms with Gasteiger partial charge in [-0.25, -0.2) is 4.98 Å². The Kier molecular flexibility index (Phi) is 6.72. The summed E-state index contributed by atoms with van der Waals surface area (Å²) in [6.45, 7) is 2.29. The van der Waals surface area contributed by atoms with E-state index in [9.17, 15) is 0 Å². The van der Waals surface area contributed by atoms with Gasteiger partial charge < -0.3 is 4.74 Å². The lowest BCUT2D eigenvalue weighted by Gasteiger charge is -2.28. The topological polar surface area (TPSA) is 22.1 Å². The molecule has 0 N–H and O–H groups in total. The summed E-state index contributed by atoms with van der Waals surface area (Å²) in [6, 6.07) is 12.6. The molecule has 0 amide bonds. The Hall–Kier alpha value is -2.27. The molecule has 1 saturated carbocycles. The summed E-state index contributed by atoms with van der Waals surface area (Å²) >= 11 is 0. The van der Waals surface area contributed by atoms with E-state index in [1.165, 1.54) is 50.5 Å². The van der Waals surface area contributed by atoms with Crippen molar-refractivity contribution in [2.24, 2.45) is 5.92 Å². The van der Waals surface area contributed by atoms with Crippen molar-refractivity contribution in [3.63, 3.8) is 0 Å². The highest BCUT2D eigenvalue weighted by Crippen LogP contribution is 2.37. The molecule has 26 heavy (non-hydrogen) atoms. The van der Waals surface area contributed by atoms with Crippen LogP contribution in [0.1, 0.15) is 74.6 Å². The normalized spacial score (nSPS) is 19.5. The molecule has 3 rings (SSSR count). The van der Waals surface area contributed by atoms with E-state index < -0.39 is 0 Å². The van der Waals surface area contributed by atoms with Crippen LogP contribution in [-0.4, -0.2) is 12.1 Å². The second-order valence-corrected chi connectivity index (χ2v) is 7.32. The number of methoxy groups -OCH3 is 1. The molecule has 1 fully saturated rings. The van der Waals surface area contributed by atoms with Crippen molar-refractivity contribution in [1.82, 2.24) is 4.98 Å². The molecular weight excluding hydrogens is 318 g/mol. The molecular formula is C24H29NO. The third-order valence-corrected chi connectivity index (χ3v) is 5.50. The molecule has 0 aliphatic heterocycles. The Labute approximate surface area is 158 Å². The minimum absolute atomic E-state index is 0.734. The van der Waals surface area contributed by atoms with Gasteiger partial charge in [-0.3, -0.25) is 0 Å². The number of ether oxygens (including phenoxy) is 1. The fourth-order valence-electron chi connectivity index (χ4n) is 3.83. The van der Waals surface area contributed by atoms with Crippen molar-refractivity contribution in [1.29, 1.82) is 0 Å². The van der Waals surface area contributed by atoms with Crippen LogP contribution >= 0.6 is 0 Å². The molecule has 1 aliphatic carbocycles. The van der Waals surface area contributed by atoms with Crippen LogP contribution in [0.4, 0.5) is 0 Å². The van der Waals surface area contributed by atoms with E-state index in [4.69, 9.17) is 4.74 Å². The number of unbranched alkanes of at least 4 members (excludes halogenated alkanes) is 1. The maximum Gasteiger partial charge on any atom is 0.137 e. The van der Waals surface area contributed by atoms with Gasteiger partial charge in [0.05, 0.1) is 13.3 Å². The summed E-state index contributed by atoms with van der Waals surface area (Å²) in [5.74, 6) is 8.78. The number of hydrogen-bond acceptors (Lipinski definition) is 2. The van der Waals surface area contributed by atoms with Crippen molar-refractivity contribution in [2.45, 2.75) is 57.8 Å². The second-order valence-electron chi connectivity index (χ2n) is 7.32. The zero-order valence-corrected chi connectivity index (χ0v) is 16.0. The van der Waals surface area contributed by atoms with Crippen molar-refractivity contribution in [2.75, 3.05) is 7.11 Å². The zero-order valence-electron chi connectivity index (χ0n) is 16.0. The molecule has 1 aromatic carbocycles. The first kappa shape index (κ1) is 18.5. The van der Waals surface area contributed by atoms with Gasteiger partial charge in [0.2, 0.25) is 0 Å². The predicted molar refractivity (Wildman–Crippen MR) is 107 cm³/mol. The van der Waals surface area contributed by atoms with Crippen LogP contribution < -0.4 is 4.74 Å². The third kappa shape index (κ3) is 5.11. The number of pyridine rings is 1. The van der Waals surface area contributed by atoms with Gasteiger partial charge in [-0.15, -0.1) is 0 Å². The minimum atomic E-state index is 0.734. The maximum absolute atomic E-state index is 5.12. The summed E-state index contributed by atoms with van der Waals surface area (Å²) in [7, 11) is 1.64. The van der Waals surface area contributed by atoms with E-state index in [1.807, 2.05) is 12.1 Å². The average Bonchev–Trinajstić information content (AvgIpc) is 2.72. The Morgan fingerprint density at radius 2 is 1.77 bits per heavy atom. The molecule has 1 aliphatic rings. The average molecular weight is 348 g/mol. The number of rotatable bonds is 5. The lowest BCUT2D eigenvalue weighted by atomic mass is 9.77. The van der Waals surface area contributed by atoms with Crippen LogP contribution in [0.3, 0.4) is 0 Å². The number of aromatic nitrogens is 1. The van der Waals surface area contributed by atoms with Crippen molar-refractivity contribution in [3.8, 4) is 17.6 Å². The van der Waals surface area contributed by atoms with Gasteiger partial charge in [-0.05, 0) is 73.3 Å². The predicted octanol–water partition coefficient (Wildman–Crippen LogP) is 5.95. The van der Waals surface area contributed by atoms with E-state index in [-0.39, 0.29) is 0 Å². The highest BCUT2D eigenvalue weighted by Gasteiger charge is 2.21. The molecule has 1 aromatic heterocycles. The Balaban J connectivity index is 1.56. The van der Waals surface area contributed by atoms with E-state index in [2.05, 4.69) is 48.0 Å². The molecule has 0 spiro atoms. The lowest BCUT2D eigenvalue weighted by Crippen LogP contribution is -2.13. The molecule has 0 bridgehead atoms. The first-order chi connectivity index (χ1) is 12.8. The van der Waals surface area contributed by atoms with Crippen LogP contribution in [0.2, 0.25) is 0 Å². The molecule has 0 atom stereocenters. The minimum Gasteiger partial charge on any atom is -0.495 e. The van der Waals surface area contributed by atoms with Gasteiger partial charge in [-0.2, -0.15) is 0 Å². The molecule has 0 saturated heterocycles. The molecule has 2 aromatic rings. The van der Waals surface area contributed by atoms with Crippen LogP contribution in [0, 0.1) is 17.8 Å². The largest absolute Gasteiger partial charge is 0.495 e. The summed E-state index contributed by atoms with van der Waals surface area (Å²) in [5, 5.41) is 0. The molecule has 1 heterocycles. The van der Waals surface area contributed by atoms with Gasteiger partial charge in [0.1, 0.15) is 11.4 Å². The van der Waals surface area contributed by atoms with E-state index >= 15 is 0 Å². The van der Waals surface area contributed by atoms with Crippen LogP contribution in [0.5, 0.6) is 5.75 Å². The van der Waals surface area contributed by atoms with Crippen LogP contribution in [0.25, 0.3) is 0 Å². The Morgan fingerprint density at radius 1 is 1.00 bits per heavy atom. The fraction of sp³-hybridized carbons (Fsp3) is 0.458. The van der Waals surface area contributed by atoms with Crippen LogP contribution in [-0.2, 0) is 0 Å². The molecule has 0 radical (unpaired) electrons. The second kappa shape index (κ2) is 9.43. The summed E-state index contributed by atoms with van der Waals surface area (Å²) in [6.07, 6.45) is 11.3. The Morgan fingerprint density at radius 3 is 2.38 bits per heavy atom. The van der Waals surface area contributed by atoms with E-state index in [1.54, 1.807) is 13.3 Å². The Bertz CT molecular complexity index is 729. The van der Waals surface area contributed by atoms with Crippen LogP contribution in [0.15, 0.2) is 42.6 Å². The smallest absolute Gasteiger partial charge is 0.137 e. The highest BCUT2D eigenvalue weighted by atomic mass is 16.5. The van der Waals surface area contributed by atoms with Crippen molar-refractivity contribution >= 4 is 0 Å². The zero-order chi connectivity index (χ0) is 18.2. The maximum atomic E-state index is 5.12. The summed E-state index contributed by atoms with van der Waals surface area (Å²) in [5.41, 5.74) is 3.29. The SMILES string of the molecule is CCCC[C@H]1CC[C@H](c2ccc(C#Cc3ccc(OC)cn3)cc2)CC1. The molecule has 2 heteroatoms. The number of nitrogens with zero attached hydrogens (tertiary/aromatic N) is 1. The standard InChI is InChI=1S/C24H29NO/c1-3-4-5-19-6-11-21(12-7-19)22-13-8-20(9-14-22)10-15-23-16-17-24(26-2)18-25-23/h8-9,13-14,16-19,21H,3-7,11-12H2,1-2H3/t19-,21-.